The standard InChI is InChI=1S/C12H22OSi/c1-9-7-10(12(2,3)4)11(8-9)13-14(5)6/h7,14H,8H2,1-6H3. The zero-order valence-electron chi connectivity index (χ0n) is 10.3. The summed E-state index contributed by atoms with van der Waals surface area (Å²) in [6, 6.07) is 0. The minimum atomic E-state index is -0.952. The molecule has 1 nitrogen and oxygen atoms in total. The molecule has 0 aromatic rings. The first-order valence-electron chi connectivity index (χ1n) is 5.38. The summed E-state index contributed by atoms with van der Waals surface area (Å²) >= 11 is 0. The fraction of sp³-hybridized carbons (Fsp3) is 0.667. The molecular weight excluding hydrogens is 188 g/mol. The molecule has 0 amide bonds. The Hall–Kier alpha value is -0.503. The molecule has 0 heterocycles. The quantitative estimate of drug-likeness (QED) is 0.632. The minimum absolute atomic E-state index is 0.219. The predicted molar refractivity (Wildman–Crippen MR) is 64.8 cm³/mol. The minimum Gasteiger partial charge on any atom is -0.549 e. The molecule has 0 atom stereocenters. The molecule has 1 rings (SSSR count). The van der Waals surface area contributed by atoms with Crippen molar-refractivity contribution in [2.75, 3.05) is 0 Å². The Balaban J connectivity index is 2.91. The Morgan fingerprint density at radius 2 is 1.86 bits per heavy atom. The van der Waals surface area contributed by atoms with Gasteiger partial charge in [0.15, 0.2) is 0 Å². The van der Waals surface area contributed by atoms with E-state index < -0.39 is 9.04 Å². The van der Waals surface area contributed by atoms with Crippen LogP contribution in [0.15, 0.2) is 23.0 Å². The van der Waals surface area contributed by atoms with Crippen LogP contribution in [0.1, 0.15) is 34.1 Å². The summed E-state index contributed by atoms with van der Waals surface area (Å²) < 4.78 is 5.99. The molecule has 0 aromatic carbocycles. The third-order valence-corrected chi connectivity index (χ3v) is 3.07. The molecule has 1 aliphatic carbocycles. The molecule has 0 bridgehead atoms. The van der Waals surface area contributed by atoms with Crippen LogP contribution < -0.4 is 0 Å². The van der Waals surface area contributed by atoms with Gasteiger partial charge in [-0.2, -0.15) is 0 Å². The van der Waals surface area contributed by atoms with Gasteiger partial charge in [0.05, 0.1) is 5.76 Å². The first-order valence-corrected chi connectivity index (χ1v) is 8.16. The lowest BCUT2D eigenvalue weighted by atomic mass is 9.87. The van der Waals surface area contributed by atoms with Crippen molar-refractivity contribution in [3.05, 3.63) is 23.0 Å². The van der Waals surface area contributed by atoms with Gasteiger partial charge in [-0.1, -0.05) is 32.4 Å². The van der Waals surface area contributed by atoms with Crippen LogP contribution in [0.5, 0.6) is 0 Å². The predicted octanol–water partition coefficient (Wildman–Crippen LogP) is 3.64. The Kier molecular flexibility index (Phi) is 3.25. The van der Waals surface area contributed by atoms with Crippen LogP contribution in [0.2, 0.25) is 13.1 Å². The van der Waals surface area contributed by atoms with E-state index in [0.29, 0.717) is 0 Å². The molecule has 0 saturated heterocycles. The molecule has 0 aliphatic heterocycles. The van der Waals surface area contributed by atoms with Crippen LogP contribution in [-0.4, -0.2) is 9.04 Å². The molecule has 0 unspecified atom stereocenters. The maximum absolute atomic E-state index is 5.99. The summed E-state index contributed by atoms with van der Waals surface area (Å²) in [6.07, 6.45) is 3.32. The molecule has 0 aromatic heterocycles. The van der Waals surface area contributed by atoms with Crippen LogP contribution in [0, 0.1) is 5.41 Å². The van der Waals surface area contributed by atoms with Crippen LogP contribution in [0.4, 0.5) is 0 Å². The molecule has 0 fully saturated rings. The second-order valence-corrected chi connectivity index (χ2v) is 7.75. The van der Waals surface area contributed by atoms with Gasteiger partial charge in [0, 0.05) is 6.42 Å². The van der Waals surface area contributed by atoms with Crippen molar-refractivity contribution in [1.29, 1.82) is 0 Å². The second-order valence-electron chi connectivity index (χ2n) is 5.42. The van der Waals surface area contributed by atoms with Crippen molar-refractivity contribution in [2.24, 2.45) is 5.41 Å². The fourth-order valence-electron chi connectivity index (χ4n) is 1.75. The van der Waals surface area contributed by atoms with E-state index in [4.69, 9.17) is 4.43 Å². The molecule has 14 heavy (non-hydrogen) atoms. The van der Waals surface area contributed by atoms with Gasteiger partial charge in [-0.15, -0.1) is 0 Å². The lowest BCUT2D eigenvalue weighted by molar-refractivity contribution is 0.399. The largest absolute Gasteiger partial charge is 0.549 e. The van der Waals surface area contributed by atoms with Gasteiger partial charge in [-0.25, -0.2) is 0 Å². The summed E-state index contributed by atoms with van der Waals surface area (Å²) in [6.45, 7) is 13.4. The summed E-state index contributed by atoms with van der Waals surface area (Å²) in [7, 11) is -0.952. The van der Waals surface area contributed by atoms with E-state index in [1.54, 1.807) is 0 Å². The summed E-state index contributed by atoms with van der Waals surface area (Å²) in [5.41, 5.74) is 3.05. The summed E-state index contributed by atoms with van der Waals surface area (Å²) in [5.74, 6) is 1.23. The van der Waals surface area contributed by atoms with E-state index in [9.17, 15) is 0 Å². The van der Waals surface area contributed by atoms with Crippen molar-refractivity contribution in [2.45, 2.75) is 47.2 Å². The highest BCUT2D eigenvalue weighted by Crippen LogP contribution is 2.37. The summed E-state index contributed by atoms with van der Waals surface area (Å²) in [5, 5.41) is 0. The zero-order chi connectivity index (χ0) is 10.9. The number of hydrogen-bond donors (Lipinski definition) is 0. The van der Waals surface area contributed by atoms with Crippen LogP contribution >= 0.6 is 0 Å². The van der Waals surface area contributed by atoms with Gasteiger partial charge in [-0.05, 0) is 31.0 Å². The topological polar surface area (TPSA) is 9.23 Å². The van der Waals surface area contributed by atoms with E-state index in [1.165, 1.54) is 16.9 Å². The molecule has 0 radical (unpaired) electrons. The van der Waals surface area contributed by atoms with Crippen molar-refractivity contribution in [1.82, 2.24) is 0 Å². The maximum atomic E-state index is 5.99. The number of hydrogen-bond acceptors (Lipinski definition) is 1. The van der Waals surface area contributed by atoms with Crippen LogP contribution in [0.3, 0.4) is 0 Å². The third kappa shape index (κ3) is 2.74. The summed E-state index contributed by atoms with van der Waals surface area (Å²) in [4.78, 5) is 0. The Labute approximate surface area is 89.6 Å². The van der Waals surface area contributed by atoms with Crippen molar-refractivity contribution in [3.63, 3.8) is 0 Å². The van der Waals surface area contributed by atoms with Gasteiger partial charge in [0.1, 0.15) is 0 Å². The highest BCUT2D eigenvalue weighted by molar-refractivity contribution is 6.48. The van der Waals surface area contributed by atoms with Crippen LogP contribution in [0.25, 0.3) is 0 Å². The van der Waals surface area contributed by atoms with Gasteiger partial charge in [-0.3, -0.25) is 0 Å². The van der Waals surface area contributed by atoms with Crippen LogP contribution in [-0.2, 0) is 4.43 Å². The average Bonchev–Trinajstić information content (AvgIpc) is 2.28. The van der Waals surface area contributed by atoms with Gasteiger partial charge < -0.3 is 4.43 Å². The van der Waals surface area contributed by atoms with Gasteiger partial charge in [0.2, 0.25) is 9.04 Å². The molecule has 0 saturated carbocycles. The van der Waals surface area contributed by atoms with E-state index in [-0.39, 0.29) is 5.41 Å². The zero-order valence-corrected chi connectivity index (χ0v) is 11.4. The average molecular weight is 210 g/mol. The molecule has 2 heteroatoms. The molecule has 0 N–H and O–H groups in total. The SMILES string of the molecule is CC1=CC(C(C)(C)C)=C(O[SiH](C)C)C1. The first-order chi connectivity index (χ1) is 6.30. The Bertz CT molecular complexity index is 279. The monoisotopic (exact) mass is 210 g/mol. The lowest BCUT2D eigenvalue weighted by Gasteiger charge is -2.22. The maximum Gasteiger partial charge on any atom is 0.229 e. The van der Waals surface area contributed by atoms with E-state index in [0.717, 1.165) is 6.42 Å². The molecule has 1 aliphatic rings. The Morgan fingerprint density at radius 3 is 2.29 bits per heavy atom. The highest BCUT2D eigenvalue weighted by atomic mass is 28.3. The van der Waals surface area contributed by atoms with E-state index >= 15 is 0 Å². The van der Waals surface area contributed by atoms with Gasteiger partial charge in [0.25, 0.3) is 0 Å². The Morgan fingerprint density at radius 1 is 1.29 bits per heavy atom. The molecular formula is C12H22OSi. The smallest absolute Gasteiger partial charge is 0.229 e. The molecule has 80 valence electrons. The normalized spacial score (nSPS) is 17.8. The second kappa shape index (κ2) is 3.93. The highest BCUT2D eigenvalue weighted by Gasteiger charge is 2.25. The first kappa shape index (κ1) is 11.6. The van der Waals surface area contributed by atoms with Crippen molar-refractivity contribution >= 4 is 9.04 Å². The van der Waals surface area contributed by atoms with E-state index in [2.05, 4.69) is 46.9 Å². The van der Waals surface area contributed by atoms with E-state index in [1.807, 2.05) is 0 Å². The molecule has 0 spiro atoms. The third-order valence-electron chi connectivity index (χ3n) is 2.32. The number of allylic oxidation sites excluding steroid dienone is 3. The lowest BCUT2D eigenvalue weighted by Crippen LogP contribution is -2.13. The van der Waals surface area contributed by atoms with Gasteiger partial charge >= 0.3 is 0 Å². The fourth-order valence-corrected chi connectivity index (χ4v) is 2.53. The van der Waals surface area contributed by atoms with Crippen molar-refractivity contribution in [3.8, 4) is 0 Å². The number of rotatable bonds is 2. The van der Waals surface area contributed by atoms with Crippen molar-refractivity contribution < 1.29 is 4.43 Å².